The number of benzene rings is 1. The molecule has 2 heteroatoms. The molecular weight excluding hydrogens is 250 g/mol. The van der Waals surface area contributed by atoms with E-state index in [-0.39, 0.29) is 0 Å². The maximum absolute atomic E-state index is 3.72. The molecular formula is C17H23NS. The van der Waals surface area contributed by atoms with Crippen LogP contribution in [0.4, 0.5) is 0 Å². The number of thioether (sulfide) groups is 1. The van der Waals surface area contributed by atoms with Crippen LogP contribution in [0.15, 0.2) is 41.3 Å². The van der Waals surface area contributed by atoms with Crippen LogP contribution in [0.2, 0.25) is 0 Å². The highest BCUT2D eigenvalue weighted by atomic mass is 32.2. The highest BCUT2D eigenvalue weighted by Crippen LogP contribution is 2.43. The van der Waals surface area contributed by atoms with Crippen LogP contribution in [0.25, 0.3) is 0 Å². The lowest BCUT2D eigenvalue weighted by Gasteiger charge is -2.22. The van der Waals surface area contributed by atoms with Gasteiger partial charge in [-0.05, 0) is 68.0 Å². The Morgan fingerprint density at radius 1 is 1.21 bits per heavy atom. The van der Waals surface area contributed by atoms with Crippen molar-refractivity contribution in [2.45, 2.75) is 30.7 Å². The van der Waals surface area contributed by atoms with Crippen LogP contribution in [0, 0.1) is 17.8 Å². The van der Waals surface area contributed by atoms with Gasteiger partial charge >= 0.3 is 0 Å². The van der Waals surface area contributed by atoms with Crippen molar-refractivity contribution in [2.24, 2.45) is 17.8 Å². The van der Waals surface area contributed by atoms with E-state index in [1.54, 1.807) is 11.8 Å². The second-order valence-corrected chi connectivity index (χ2v) is 6.82. The first-order valence-corrected chi connectivity index (χ1v) is 8.54. The summed E-state index contributed by atoms with van der Waals surface area (Å²) in [5.41, 5.74) is 1.40. The SMILES string of the molecule is CSc1ccc(C(C)NCC2CC3C=CC2C3)cc1. The zero-order valence-corrected chi connectivity index (χ0v) is 12.6. The summed E-state index contributed by atoms with van der Waals surface area (Å²) in [6, 6.07) is 9.41. The molecule has 0 amide bonds. The average Bonchev–Trinajstić information content (AvgIpc) is 3.07. The number of allylic oxidation sites excluding steroid dienone is 2. The van der Waals surface area contributed by atoms with Gasteiger partial charge in [0.2, 0.25) is 0 Å². The van der Waals surface area contributed by atoms with E-state index in [4.69, 9.17) is 0 Å². The molecule has 2 aliphatic carbocycles. The second-order valence-electron chi connectivity index (χ2n) is 5.94. The Labute approximate surface area is 120 Å². The van der Waals surface area contributed by atoms with Crippen LogP contribution in [-0.2, 0) is 0 Å². The lowest BCUT2D eigenvalue weighted by atomic mass is 9.93. The average molecular weight is 273 g/mol. The van der Waals surface area contributed by atoms with E-state index in [1.807, 2.05) is 0 Å². The Balaban J connectivity index is 1.53. The molecule has 3 rings (SSSR count). The van der Waals surface area contributed by atoms with Gasteiger partial charge in [-0.1, -0.05) is 24.3 Å². The molecule has 0 saturated heterocycles. The van der Waals surface area contributed by atoms with Crippen LogP contribution in [-0.4, -0.2) is 12.8 Å². The van der Waals surface area contributed by atoms with E-state index in [0.717, 1.165) is 24.3 Å². The molecule has 0 heterocycles. The first kappa shape index (κ1) is 13.3. The summed E-state index contributed by atoms with van der Waals surface area (Å²) in [6.45, 7) is 3.44. The molecule has 1 aromatic carbocycles. The number of rotatable bonds is 5. The molecule has 1 N–H and O–H groups in total. The van der Waals surface area contributed by atoms with E-state index in [0.29, 0.717) is 6.04 Å². The van der Waals surface area contributed by atoms with Crippen LogP contribution < -0.4 is 5.32 Å². The lowest BCUT2D eigenvalue weighted by Crippen LogP contribution is -2.27. The first-order valence-electron chi connectivity index (χ1n) is 7.32. The third-order valence-corrected chi connectivity index (χ3v) is 5.46. The van der Waals surface area contributed by atoms with E-state index in [9.17, 15) is 0 Å². The highest BCUT2D eigenvalue weighted by molar-refractivity contribution is 7.98. The van der Waals surface area contributed by atoms with E-state index in [2.05, 4.69) is 54.9 Å². The van der Waals surface area contributed by atoms with Gasteiger partial charge in [-0.2, -0.15) is 0 Å². The van der Waals surface area contributed by atoms with Gasteiger partial charge in [0.25, 0.3) is 0 Å². The minimum Gasteiger partial charge on any atom is -0.310 e. The van der Waals surface area contributed by atoms with Crippen molar-refractivity contribution in [2.75, 3.05) is 12.8 Å². The maximum atomic E-state index is 3.72. The van der Waals surface area contributed by atoms with Crippen LogP contribution in [0.5, 0.6) is 0 Å². The Bertz CT molecular complexity index is 451. The van der Waals surface area contributed by atoms with Crippen molar-refractivity contribution in [1.29, 1.82) is 0 Å². The number of fused-ring (bicyclic) bond motifs is 2. The fourth-order valence-electron chi connectivity index (χ4n) is 3.47. The molecule has 1 nitrogen and oxygen atoms in total. The van der Waals surface area contributed by atoms with Gasteiger partial charge in [-0.25, -0.2) is 0 Å². The van der Waals surface area contributed by atoms with Crippen molar-refractivity contribution in [1.82, 2.24) is 5.32 Å². The lowest BCUT2D eigenvalue weighted by molar-refractivity contribution is 0.393. The Morgan fingerprint density at radius 3 is 2.58 bits per heavy atom. The minimum atomic E-state index is 0.457. The zero-order valence-electron chi connectivity index (χ0n) is 11.8. The Kier molecular flexibility index (Phi) is 3.99. The quantitative estimate of drug-likeness (QED) is 0.635. The van der Waals surface area contributed by atoms with Crippen LogP contribution >= 0.6 is 11.8 Å². The topological polar surface area (TPSA) is 12.0 Å². The van der Waals surface area contributed by atoms with E-state index in [1.165, 1.54) is 23.3 Å². The summed E-state index contributed by atoms with van der Waals surface area (Å²) in [7, 11) is 0. The van der Waals surface area contributed by atoms with Gasteiger partial charge in [0.1, 0.15) is 0 Å². The molecule has 1 fully saturated rings. The van der Waals surface area contributed by atoms with Gasteiger partial charge in [-0.15, -0.1) is 11.8 Å². The molecule has 102 valence electrons. The van der Waals surface area contributed by atoms with Crippen LogP contribution in [0.1, 0.15) is 31.4 Å². The monoisotopic (exact) mass is 273 g/mol. The second kappa shape index (κ2) is 5.72. The maximum Gasteiger partial charge on any atom is 0.0291 e. The molecule has 2 aliphatic rings. The smallest absolute Gasteiger partial charge is 0.0291 e. The van der Waals surface area contributed by atoms with Crippen molar-refractivity contribution >= 4 is 11.8 Å². The summed E-state index contributed by atoms with van der Waals surface area (Å²) in [5, 5.41) is 3.72. The predicted octanol–water partition coefficient (Wildman–Crippen LogP) is 4.27. The third-order valence-electron chi connectivity index (χ3n) is 4.72. The van der Waals surface area contributed by atoms with E-state index < -0.39 is 0 Å². The summed E-state index contributed by atoms with van der Waals surface area (Å²) < 4.78 is 0. The molecule has 4 atom stereocenters. The summed E-state index contributed by atoms with van der Waals surface area (Å²) in [6.07, 6.45) is 9.79. The summed E-state index contributed by atoms with van der Waals surface area (Å²) >= 11 is 1.80. The standard InChI is InChI=1S/C17H23NS/c1-12(14-5-7-17(19-2)8-6-14)18-11-16-10-13-3-4-15(16)9-13/h3-8,12-13,15-16,18H,9-11H2,1-2H3. The molecule has 0 aromatic heterocycles. The fraction of sp³-hybridized carbons (Fsp3) is 0.529. The van der Waals surface area contributed by atoms with E-state index >= 15 is 0 Å². The van der Waals surface area contributed by atoms with Gasteiger partial charge in [0, 0.05) is 10.9 Å². The molecule has 1 aromatic rings. The summed E-state index contributed by atoms with van der Waals surface area (Å²) in [4.78, 5) is 1.34. The largest absolute Gasteiger partial charge is 0.310 e. The molecule has 1 saturated carbocycles. The van der Waals surface area contributed by atoms with Crippen LogP contribution in [0.3, 0.4) is 0 Å². The zero-order chi connectivity index (χ0) is 13.2. The van der Waals surface area contributed by atoms with Gasteiger partial charge in [-0.3, -0.25) is 0 Å². The van der Waals surface area contributed by atoms with Crippen molar-refractivity contribution in [3.8, 4) is 0 Å². The fourth-order valence-corrected chi connectivity index (χ4v) is 3.88. The molecule has 0 spiro atoms. The van der Waals surface area contributed by atoms with Gasteiger partial charge in [0.05, 0.1) is 0 Å². The summed E-state index contributed by atoms with van der Waals surface area (Å²) in [5.74, 6) is 2.60. The third kappa shape index (κ3) is 2.90. The normalized spacial score (nSPS) is 29.9. The van der Waals surface area contributed by atoms with Gasteiger partial charge < -0.3 is 5.32 Å². The van der Waals surface area contributed by atoms with Crippen molar-refractivity contribution < 1.29 is 0 Å². The molecule has 0 aliphatic heterocycles. The first-order chi connectivity index (χ1) is 9.26. The minimum absolute atomic E-state index is 0.457. The van der Waals surface area contributed by atoms with Crippen molar-refractivity contribution in [3.63, 3.8) is 0 Å². The number of hydrogen-bond acceptors (Lipinski definition) is 2. The molecule has 19 heavy (non-hydrogen) atoms. The number of hydrogen-bond donors (Lipinski definition) is 1. The Hall–Kier alpha value is -0.730. The van der Waals surface area contributed by atoms with Gasteiger partial charge in [0.15, 0.2) is 0 Å². The molecule has 2 bridgehead atoms. The van der Waals surface area contributed by atoms with Crippen molar-refractivity contribution in [3.05, 3.63) is 42.0 Å². The molecule has 4 unspecified atom stereocenters. The molecule has 0 radical (unpaired) electrons. The predicted molar refractivity (Wildman–Crippen MR) is 83.5 cm³/mol. The number of nitrogens with one attached hydrogen (secondary N) is 1. The highest BCUT2D eigenvalue weighted by Gasteiger charge is 2.35. The Morgan fingerprint density at radius 2 is 2.00 bits per heavy atom.